The molecule has 2 aromatic heterocycles. The van der Waals surface area contributed by atoms with E-state index in [1.807, 2.05) is 6.20 Å². The van der Waals surface area contributed by atoms with Crippen LogP contribution in [0.3, 0.4) is 0 Å². The number of halogens is 1. The fourth-order valence-electron chi connectivity index (χ4n) is 3.46. The number of benzene rings is 1. The SMILES string of the molecule is O=C(NC1CCN(Cc2cnc[nH]2)CC1)c1ccc(-c2cccc(F)c2)nc1. The number of piperidine rings is 1. The van der Waals surface area contributed by atoms with E-state index in [-0.39, 0.29) is 17.8 Å². The second kappa shape index (κ2) is 8.31. The van der Waals surface area contributed by atoms with Gasteiger partial charge < -0.3 is 10.3 Å². The van der Waals surface area contributed by atoms with E-state index < -0.39 is 0 Å². The molecular weight excluding hydrogens is 357 g/mol. The smallest absolute Gasteiger partial charge is 0.253 e. The number of aromatic nitrogens is 3. The summed E-state index contributed by atoms with van der Waals surface area (Å²) >= 11 is 0. The lowest BCUT2D eigenvalue weighted by Crippen LogP contribution is -2.44. The Balaban J connectivity index is 1.30. The molecule has 3 aromatic rings. The predicted octanol–water partition coefficient (Wildman–Crippen LogP) is 3.01. The van der Waals surface area contributed by atoms with Crippen LogP contribution in [0.1, 0.15) is 28.9 Å². The number of carbonyl (C=O) groups excluding carboxylic acids is 1. The third kappa shape index (κ3) is 4.43. The zero-order valence-electron chi connectivity index (χ0n) is 15.4. The largest absolute Gasteiger partial charge is 0.349 e. The Labute approximate surface area is 162 Å². The molecule has 1 saturated heterocycles. The van der Waals surface area contributed by atoms with Crippen molar-refractivity contribution < 1.29 is 9.18 Å². The zero-order chi connectivity index (χ0) is 19.3. The molecule has 1 aliphatic rings. The van der Waals surface area contributed by atoms with E-state index in [2.05, 4.69) is 25.2 Å². The van der Waals surface area contributed by atoms with Crippen LogP contribution in [0.5, 0.6) is 0 Å². The van der Waals surface area contributed by atoms with E-state index >= 15 is 0 Å². The first-order valence-electron chi connectivity index (χ1n) is 9.40. The molecule has 1 aromatic carbocycles. The fraction of sp³-hybridized carbons (Fsp3) is 0.286. The topological polar surface area (TPSA) is 73.9 Å². The van der Waals surface area contributed by atoms with Crippen molar-refractivity contribution >= 4 is 5.91 Å². The van der Waals surface area contributed by atoms with Crippen molar-refractivity contribution in [3.63, 3.8) is 0 Å². The number of imidazole rings is 1. The van der Waals surface area contributed by atoms with E-state index in [4.69, 9.17) is 0 Å². The highest BCUT2D eigenvalue weighted by atomic mass is 19.1. The van der Waals surface area contributed by atoms with E-state index in [1.54, 1.807) is 36.8 Å². The van der Waals surface area contributed by atoms with E-state index in [0.717, 1.165) is 38.2 Å². The van der Waals surface area contributed by atoms with Gasteiger partial charge >= 0.3 is 0 Å². The summed E-state index contributed by atoms with van der Waals surface area (Å²) in [5, 5.41) is 3.10. The molecule has 0 bridgehead atoms. The molecule has 0 saturated carbocycles. The maximum atomic E-state index is 13.4. The highest BCUT2D eigenvalue weighted by Gasteiger charge is 2.21. The van der Waals surface area contributed by atoms with Crippen molar-refractivity contribution in [1.82, 2.24) is 25.2 Å². The Morgan fingerprint density at radius 2 is 2.07 bits per heavy atom. The molecule has 0 spiro atoms. The molecule has 1 aliphatic heterocycles. The average molecular weight is 379 g/mol. The van der Waals surface area contributed by atoms with Crippen molar-refractivity contribution in [3.8, 4) is 11.3 Å². The first-order chi connectivity index (χ1) is 13.7. The number of hydrogen-bond acceptors (Lipinski definition) is 4. The molecule has 3 heterocycles. The van der Waals surface area contributed by atoms with Gasteiger partial charge in [-0.2, -0.15) is 0 Å². The molecule has 0 atom stereocenters. The molecule has 6 nitrogen and oxygen atoms in total. The summed E-state index contributed by atoms with van der Waals surface area (Å²) in [5.74, 6) is -0.426. The lowest BCUT2D eigenvalue weighted by molar-refractivity contribution is 0.0908. The van der Waals surface area contributed by atoms with Gasteiger partial charge in [-0.25, -0.2) is 9.37 Å². The predicted molar refractivity (Wildman–Crippen MR) is 104 cm³/mol. The van der Waals surface area contributed by atoms with E-state index in [0.29, 0.717) is 16.8 Å². The Bertz CT molecular complexity index is 918. The quantitative estimate of drug-likeness (QED) is 0.715. The van der Waals surface area contributed by atoms with Crippen molar-refractivity contribution in [3.05, 3.63) is 72.2 Å². The van der Waals surface area contributed by atoms with Crippen LogP contribution in [0.25, 0.3) is 11.3 Å². The molecule has 2 N–H and O–H groups in total. The van der Waals surface area contributed by atoms with Crippen LogP contribution in [0.4, 0.5) is 4.39 Å². The molecule has 144 valence electrons. The average Bonchev–Trinajstić information content (AvgIpc) is 3.23. The summed E-state index contributed by atoms with van der Waals surface area (Å²) in [6.07, 6.45) is 6.90. The summed E-state index contributed by atoms with van der Waals surface area (Å²) in [6.45, 7) is 2.72. The highest BCUT2D eigenvalue weighted by Crippen LogP contribution is 2.18. The Hall–Kier alpha value is -3.06. The minimum Gasteiger partial charge on any atom is -0.349 e. The molecule has 7 heteroatoms. The molecule has 0 unspecified atom stereocenters. The number of H-pyrrole nitrogens is 1. The number of nitrogens with zero attached hydrogens (tertiary/aromatic N) is 3. The number of nitrogens with one attached hydrogen (secondary N) is 2. The molecule has 4 rings (SSSR count). The molecule has 1 amide bonds. The summed E-state index contributed by atoms with van der Waals surface area (Å²) in [6, 6.07) is 9.90. The standard InChI is InChI=1S/C21H22FN5O/c22-17-3-1-2-15(10-17)20-5-4-16(11-24-20)21(28)26-18-6-8-27(9-7-18)13-19-12-23-14-25-19/h1-5,10-12,14,18H,6-9,13H2,(H,23,25)(H,26,28). The van der Waals surface area contributed by atoms with Gasteiger partial charge in [-0.3, -0.25) is 14.7 Å². The van der Waals surface area contributed by atoms with Gasteiger partial charge in [0.15, 0.2) is 0 Å². The summed E-state index contributed by atoms with van der Waals surface area (Å²) < 4.78 is 13.4. The highest BCUT2D eigenvalue weighted by molar-refractivity contribution is 5.94. The number of likely N-dealkylation sites (tertiary alicyclic amines) is 1. The number of carbonyl (C=O) groups is 1. The normalized spacial score (nSPS) is 15.5. The van der Waals surface area contributed by atoms with Crippen LogP contribution in [0, 0.1) is 5.82 Å². The number of pyridine rings is 1. The van der Waals surface area contributed by atoms with Crippen LogP contribution < -0.4 is 5.32 Å². The second-order valence-electron chi connectivity index (χ2n) is 7.04. The van der Waals surface area contributed by atoms with Gasteiger partial charge in [0.25, 0.3) is 5.91 Å². The van der Waals surface area contributed by atoms with Crippen LogP contribution in [0.2, 0.25) is 0 Å². The summed E-state index contributed by atoms with van der Waals surface area (Å²) in [4.78, 5) is 26.3. The van der Waals surface area contributed by atoms with Gasteiger partial charge in [0.1, 0.15) is 5.82 Å². The first-order valence-corrected chi connectivity index (χ1v) is 9.40. The van der Waals surface area contributed by atoms with Crippen LogP contribution in [-0.4, -0.2) is 44.9 Å². The van der Waals surface area contributed by atoms with Gasteiger partial charge in [-0.15, -0.1) is 0 Å². The number of amides is 1. The molecule has 0 aliphatic carbocycles. The Morgan fingerprint density at radius 1 is 1.21 bits per heavy atom. The van der Waals surface area contributed by atoms with Gasteiger partial charge in [0.2, 0.25) is 0 Å². The van der Waals surface area contributed by atoms with Crippen LogP contribution >= 0.6 is 0 Å². The van der Waals surface area contributed by atoms with Crippen molar-refractivity contribution in [2.45, 2.75) is 25.4 Å². The maximum absolute atomic E-state index is 13.4. The van der Waals surface area contributed by atoms with Gasteiger partial charge in [0, 0.05) is 49.3 Å². The summed E-state index contributed by atoms with van der Waals surface area (Å²) in [5.41, 5.74) is 2.95. The number of aromatic amines is 1. The molecule has 0 radical (unpaired) electrons. The first kappa shape index (κ1) is 18.3. The Kier molecular flexibility index (Phi) is 5.43. The van der Waals surface area contributed by atoms with Crippen molar-refractivity contribution in [2.75, 3.05) is 13.1 Å². The fourth-order valence-corrected chi connectivity index (χ4v) is 3.46. The monoisotopic (exact) mass is 379 g/mol. The maximum Gasteiger partial charge on any atom is 0.253 e. The molecule has 1 fully saturated rings. The van der Waals surface area contributed by atoms with Gasteiger partial charge in [0.05, 0.1) is 17.6 Å². The number of rotatable bonds is 5. The zero-order valence-corrected chi connectivity index (χ0v) is 15.4. The number of hydrogen-bond donors (Lipinski definition) is 2. The van der Waals surface area contributed by atoms with Crippen LogP contribution in [-0.2, 0) is 6.54 Å². The van der Waals surface area contributed by atoms with Gasteiger partial charge in [-0.05, 0) is 37.1 Å². The van der Waals surface area contributed by atoms with Crippen molar-refractivity contribution in [2.24, 2.45) is 0 Å². The van der Waals surface area contributed by atoms with E-state index in [9.17, 15) is 9.18 Å². The Morgan fingerprint density at radius 3 is 2.75 bits per heavy atom. The lowest BCUT2D eigenvalue weighted by atomic mass is 10.0. The third-order valence-corrected chi connectivity index (χ3v) is 5.02. The van der Waals surface area contributed by atoms with E-state index in [1.165, 1.54) is 12.1 Å². The molecule has 28 heavy (non-hydrogen) atoms. The minimum absolute atomic E-state index is 0.120. The third-order valence-electron chi connectivity index (χ3n) is 5.02. The summed E-state index contributed by atoms with van der Waals surface area (Å²) in [7, 11) is 0. The minimum atomic E-state index is -0.306. The lowest BCUT2D eigenvalue weighted by Gasteiger charge is -2.32. The van der Waals surface area contributed by atoms with Crippen molar-refractivity contribution in [1.29, 1.82) is 0 Å². The van der Waals surface area contributed by atoms with Crippen LogP contribution in [0.15, 0.2) is 55.1 Å². The van der Waals surface area contributed by atoms with Gasteiger partial charge in [-0.1, -0.05) is 12.1 Å². The second-order valence-corrected chi connectivity index (χ2v) is 7.04. The molecular formula is C21H22FN5O.